The fourth-order valence-corrected chi connectivity index (χ4v) is 7.85. The quantitative estimate of drug-likeness (QED) is 0.168. The molecule has 0 aliphatic rings. The summed E-state index contributed by atoms with van der Waals surface area (Å²) in [4.78, 5) is 14.7. The van der Waals surface area contributed by atoms with Gasteiger partial charge in [0.05, 0.1) is 23.0 Å². The Hall–Kier alpha value is -8.14. The third-order valence-corrected chi connectivity index (χ3v) is 10.8. The highest BCUT2D eigenvalue weighted by Crippen LogP contribution is 2.39. The molecule has 0 aliphatic carbocycles. The summed E-state index contributed by atoms with van der Waals surface area (Å²) in [6.07, 6.45) is 3.64. The summed E-state index contributed by atoms with van der Waals surface area (Å²) in [7, 11) is 0. The van der Waals surface area contributed by atoms with Gasteiger partial charge in [-0.25, -0.2) is 9.97 Å². The van der Waals surface area contributed by atoms with E-state index in [1.807, 2.05) is 85.1 Å². The highest BCUT2D eigenvalue weighted by molar-refractivity contribution is 6.07. The van der Waals surface area contributed by atoms with E-state index in [0.717, 1.165) is 105 Å². The SMILES string of the molecule is N#Cc1ccc(-c2cc(-c3cc(-c4ccc5oc6ccccc6c5c4)cc(-c4ccc5oc6ccccc6c5c4)c3)nc(-c3ccc(-c4cccnc4)cc3)n2)cc1. The first-order chi connectivity index (χ1) is 28.6. The van der Waals surface area contributed by atoms with Gasteiger partial charge in [0.15, 0.2) is 5.82 Å². The maximum Gasteiger partial charge on any atom is 0.160 e. The van der Waals surface area contributed by atoms with Crippen molar-refractivity contribution < 1.29 is 8.83 Å². The molecule has 6 nitrogen and oxygen atoms in total. The number of furan rings is 2. The zero-order valence-corrected chi connectivity index (χ0v) is 30.9. The minimum absolute atomic E-state index is 0.589. The first-order valence-corrected chi connectivity index (χ1v) is 19.0. The highest BCUT2D eigenvalue weighted by atomic mass is 16.3. The molecule has 11 rings (SSSR count). The number of nitriles is 1. The number of hydrogen-bond acceptors (Lipinski definition) is 6. The van der Waals surface area contributed by atoms with Crippen LogP contribution in [-0.2, 0) is 0 Å². The smallest absolute Gasteiger partial charge is 0.160 e. The van der Waals surface area contributed by atoms with Crippen molar-refractivity contribution in [3.05, 3.63) is 188 Å². The molecule has 0 radical (unpaired) electrons. The summed E-state index contributed by atoms with van der Waals surface area (Å²) in [5.41, 5.74) is 14.5. The Morgan fingerprint density at radius 3 is 1.48 bits per heavy atom. The average Bonchev–Trinajstić information content (AvgIpc) is 3.87. The van der Waals surface area contributed by atoms with Crippen LogP contribution in [0.25, 0.3) is 111 Å². The summed E-state index contributed by atoms with van der Waals surface area (Å²) < 4.78 is 12.4. The summed E-state index contributed by atoms with van der Waals surface area (Å²) in [5.74, 6) is 0.596. The van der Waals surface area contributed by atoms with Crippen LogP contribution in [0.4, 0.5) is 0 Å². The van der Waals surface area contributed by atoms with Crippen LogP contribution in [0.3, 0.4) is 0 Å². The average molecular weight is 743 g/mol. The van der Waals surface area contributed by atoms with Crippen LogP contribution in [0.5, 0.6) is 0 Å². The summed E-state index contributed by atoms with van der Waals surface area (Å²) in [6.45, 7) is 0. The van der Waals surface area contributed by atoms with E-state index in [2.05, 4.69) is 102 Å². The molecule has 0 aliphatic heterocycles. The number of nitrogens with zero attached hydrogens (tertiary/aromatic N) is 4. The molecule has 4 aromatic heterocycles. The highest BCUT2D eigenvalue weighted by Gasteiger charge is 2.16. The Bertz CT molecular complexity index is 3260. The molecule has 6 heteroatoms. The second-order valence-corrected chi connectivity index (χ2v) is 14.4. The monoisotopic (exact) mass is 742 g/mol. The molecule has 4 heterocycles. The number of aromatic nitrogens is 3. The Labute approximate surface area is 333 Å². The van der Waals surface area contributed by atoms with Gasteiger partial charge in [-0.1, -0.05) is 91.0 Å². The van der Waals surface area contributed by atoms with E-state index in [9.17, 15) is 5.26 Å². The summed E-state index contributed by atoms with van der Waals surface area (Å²) >= 11 is 0. The van der Waals surface area contributed by atoms with Gasteiger partial charge in [-0.3, -0.25) is 4.98 Å². The van der Waals surface area contributed by atoms with E-state index in [1.54, 1.807) is 6.20 Å². The first-order valence-electron chi connectivity index (χ1n) is 19.0. The van der Waals surface area contributed by atoms with Crippen molar-refractivity contribution in [1.29, 1.82) is 5.26 Å². The second-order valence-electron chi connectivity index (χ2n) is 14.4. The number of hydrogen-bond donors (Lipinski definition) is 0. The van der Waals surface area contributed by atoms with Gasteiger partial charge >= 0.3 is 0 Å². The van der Waals surface area contributed by atoms with Crippen LogP contribution in [0.15, 0.2) is 191 Å². The van der Waals surface area contributed by atoms with E-state index in [4.69, 9.17) is 18.8 Å². The van der Waals surface area contributed by atoms with Gasteiger partial charge in [0.25, 0.3) is 0 Å². The minimum atomic E-state index is 0.589. The van der Waals surface area contributed by atoms with Crippen molar-refractivity contribution in [3.8, 4) is 73.4 Å². The predicted octanol–water partition coefficient (Wildman–Crippen LogP) is 13.5. The second kappa shape index (κ2) is 13.6. The Balaban J connectivity index is 1.12. The van der Waals surface area contributed by atoms with E-state index in [-0.39, 0.29) is 0 Å². The van der Waals surface area contributed by atoms with Gasteiger partial charge < -0.3 is 8.83 Å². The van der Waals surface area contributed by atoms with Crippen LogP contribution < -0.4 is 0 Å². The largest absolute Gasteiger partial charge is 0.456 e. The minimum Gasteiger partial charge on any atom is -0.456 e. The summed E-state index contributed by atoms with van der Waals surface area (Å²) in [5, 5.41) is 13.8. The summed E-state index contributed by atoms with van der Waals surface area (Å²) in [6, 6.07) is 59.8. The third kappa shape index (κ3) is 5.87. The van der Waals surface area contributed by atoms with Crippen molar-refractivity contribution in [2.45, 2.75) is 0 Å². The normalized spacial score (nSPS) is 11.4. The Morgan fingerprint density at radius 1 is 0.379 bits per heavy atom. The fourth-order valence-electron chi connectivity index (χ4n) is 7.85. The first kappa shape index (κ1) is 33.2. The molecule has 0 unspecified atom stereocenters. The number of para-hydroxylation sites is 2. The zero-order chi connectivity index (χ0) is 38.6. The molecule has 58 heavy (non-hydrogen) atoms. The standard InChI is InChI=1S/C52H30N4O2/c53-30-32-11-13-34(14-12-32)46-29-47(56-52(55-46)35-17-15-33(16-18-35)38-6-5-23-54-31-38)41-25-39(36-19-21-50-44(27-36)42-7-1-3-9-48(42)57-50)24-40(26-41)37-20-22-51-45(28-37)43-8-2-4-10-49(43)58-51/h1-29,31H. The van der Waals surface area contributed by atoms with Crippen molar-refractivity contribution >= 4 is 43.9 Å². The lowest BCUT2D eigenvalue weighted by molar-refractivity contribution is 0.668. The molecule has 0 saturated heterocycles. The molecule has 0 spiro atoms. The van der Waals surface area contributed by atoms with Gasteiger partial charge in [-0.2, -0.15) is 5.26 Å². The Morgan fingerprint density at radius 2 is 0.897 bits per heavy atom. The van der Waals surface area contributed by atoms with Crippen LogP contribution >= 0.6 is 0 Å². The van der Waals surface area contributed by atoms with Crippen LogP contribution in [-0.4, -0.2) is 15.0 Å². The molecule has 0 saturated carbocycles. The lowest BCUT2D eigenvalue weighted by Gasteiger charge is -2.14. The predicted molar refractivity (Wildman–Crippen MR) is 232 cm³/mol. The number of fused-ring (bicyclic) bond motifs is 6. The van der Waals surface area contributed by atoms with E-state index < -0.39 is 0 Å². The van der Waals surface area contributed by atoms with E-state index >= 15 is 0 Å². The van der Waals surface area contributed by atoms with Crippen molar-refractivity contribution in [3.63, 3.8) is 0 Å². The number of rotatable bonds is 6. The van der Waals surface area contributed by atoms with Gasteiger partial charge in [0.1, 0.15) is 22.3 Å². The molecule has 0 atom stereocenters. The maximum absolute atomic E-state index is 9.54. The van der Waals surface area contributed by atoms with Gasteiger partial charge in [0, 0.05) is 50.6 Å². The maximum atomic E-state index is 9.54. The zero-order valence-electron chi connectivity index (χ0n) is 30.9. The molecule has 11 aromatic rings. The molecular weight excluding hydrogens is 713 g/mol. The number of pyridine rings is 1. The fraction of sp³-hybridized carbons (Fsp3) is 0. The van der Waals surface area contributed by atoms with Crippen LogP contribution in [0.2, 0.25) is 0 Å². The van der Waals surface area contributed by atoms with Crippen molar-refractivity contribution in [2.75, 3.05) is 0 Å². The van der Waals surface area contributed by atoms with Gasteiger partial charge in [-0.15, -0.1) is 0 Å². The van der Waals surface area contributed by atoms with Gasteiger partial charge in [0.2, 0.25) is 0 Å². The lowest BCUT2D eigenvalue weighted by atomic mass is 9.93. The van der Waals surface area contributed by atoms with E-state index in [0.29, 0.717) is 11.4 Å². The lowest BCUT2D eigenvalue weighted by Crippen LogP contribution is -1.97. The molecule has 0 bridgehead atoms. The molecule has 0 amide bonds. The molecule has 270 valence electrons. The third-order valence-electron chi connectivity index (χ3n) is 10.8. The van der Waals surface area contributed by atoms with Crippen LogP contribution in [0.1, 0.15) is 5.56 Å². The Kier molecular flexibility index (Phi) is 7.76. The molecule has 0 fully saturated rings. The molecule has 0 N–H and O–H groups in total. The van der Waals surface area contributed by atoms with Crippen molar-refractivity contribution in [2.24, 2.45) is 0 Å². The van der Waals surface area contributed by atoms with E-state index in [1.165, 1.54) is 0 Å². The number of benzene rings is 7. The van der Waals surface area contributed by atoms with Crippen LogP contribution in [0, 0.1) is 11.3 Å². The molecule has 7 aromatic carbocycles. The van der Waals surface area contributed by atoms with Gasteiger partial charge in [-0.05, 0) is 112 Å². The molecular formula is C52H30N4O2. The topological polar surface area (TPSA) is 88.7 Å². The van der Waals surface area contributed by atoms with Crippen molar-refractivity contribution in [1.82, 2.24) is 15.0 Å².